The summed E-state index contributed by atoms with van der Waals surface area (Å²) in [5.41, 5.74) is -0.334. The molecule has 0 spiro atoms. The lowest BCUT2D eigenvalue weighted by molar-refractivity contribution is -0.121. The Hall–Kier alpha value is -1.06. The monoisotopic (exact) mass is 323 g/mol. The predicted octanol–water partition coefficient (Wildman–Crippen LogP) is 4.56. The highest BCUT2D eigenvalue weighted by atomic mass is 16.6. The lowest BCUT2D eigenvalue weighted by Gasteiger charge is -2.47. The summed E-state index contributed by atoms with van der Waals surface area (Å²) in [5, 5.41) is 0. The molecule has 2 fully saturated rings. The van der Waals surface area contributed by atoms with Crippen molar-refractivity contribution in [2.75, 3.05) is 13.1 Å². The number of amides is 1. The molecule has 0 atom stereocenters. The number of nitrogens with zero attached hydrogens (tertiary/aromatic N) is 1. The SMILES string of the molecule is CC(=O)CC1(C2CCCCC2)CCN(C(=O)OC(C)(C)C)CC1. The van der Waals surface area contributed by atoms with Gasteiger partial charge in [0.1, 0.15) is 11.4 Å². The quantitative estimate of drug-likeness (QED) is 0.764. The van der Waals surface area contributed by atoms with Crippen molar-refractivity contribution in [3.8, 4) is 0 Å². The third-order valence-electron chi connectivity index (χ3n) is 5.48. The zero-order chi connectivity index (χ0) is 17.1. The van der Waals surface area contributed by atoms with E-state index in [1.54, 1.807) is 6.92 Å². The lowest BCUT2D eigenvalue weighted by Crippen LogP contribution is -2.48. The zero-order valence-electron chi connectivity index (χ0n) is 15.3. The van der Waals surface area contributed by atoms with Gasteiger partial charge in [0.25, 0.3) is 0 Å². The fraction of sp³-hybridized carbons (Fsp3) is 0.895. The Morgan fingerprint density at radius 1 is 1.09 bits per heavy atom. The molecule has 2 aliphatic rings. The summed E-state index contributed by atoms with van der Waals surface area (Å²) in [4.78, 5) is 25.9. The van der Waals surface area contributed by atoms with E-state index in [0.29, 0.717) is 18.1 Å². The smallest absolute Gasteiger partial charge is 0.410 e. The Labute approximate surface area is 140 Å². The first-order valence-electron chi connectivity index (χ1n) is 9.19. The maximum absolute atomic E-state index is 12.3. The van der Waals surface area contributed by atoms with Gasteiger partial charge in [0.15, 0.2) is 0 Å². The molecule has 132 valence electrons. The van der Waals surface area contributed by atoms with Crippen LogP contribution in [0, 0.1) is 11.3 Å². The highest BCUT2D eigenvalue weighted by Crippen LogP contribution is 2.48. The number of carbonyl (C=O) groups excluding carboxylic acids is 2. The average Bonchev–Trinajstić information content (AvgIpc) is 2.46. The van der Waals surface area contributed by atoms with Gasteiger partial charge in [-0.05, 0) is 64.7 Å². The van der Waals surface area contributed by atoms with E-state index >= 15 is 0 Å². The topological polar surface area (TPSA) is 46.6 Å². The van der Waals surface area contributed by atoms with Crippen molar-refractivity contribution >= 4 is 11.9 Å². The second-order valence-corrected chi connectivity index (χ2v) is 8.54. The van der Waals surface area contributed by atoms with Crippen molar-refractivity contribution in [1.82, 2.24) is 4.90 Å². The Balaban J connectivity index is 2.01. The van der Waals surface area contributed by atoms with Crippen LogP contribution in [0.3, 0.4) is 0 Å². The minimum Gasteiger partial charge on any atom is -0.444 e. The normalized spacial score (nSPS) is 22.7. The highest BCUT2D eigenvalue weighted by molar-refractivity contribution is 5.76. The molecule has 0 aromatic rings. The van der Waals surface area contributed by atoms with Gasteiger partial charge in [-0.15, -0.1) is 0 Å². The number of likely N-dealkylation sites (tertiary alicyclic amines) is 1. The molecule has 4 heteroatoms. The van der Waals surface area contributed by atoms with Crippen LogP contribution >= 0.6 is 0 Å². The number of ketones is 1. The summed E-state index contributed by atoms with van der Waals surface area (Å²) in [5.74, 6) is 0.947. The second kappa shape index (κ2) is 7.23. The van der Waals surface area contributed by atoms with Crippen molar-refractivity contribution in [3.05, 3.63) is 0 Å². The van der Waals surface area contributed by atoms with Crippen LogP contribution in [0.25, 0.3) is 0 Å². The van der Waals surface area contributed by atoms with E-state index in [0.717, 1.165) is 25.9 Å². The fourth-order valence-corrected chi connectivity index (χ4v) is 4.40. The number of rotatable bonds is 3. The van der Waals surface area contributed by atoms with E-state index in [1.807, 2.05) is 25.7 Å². The van der Waals surface area contributed by atoms with Gasteiger partial charge in [-0.3, -0.25) is 0 Å². The Bertz CT molecular complexity index is 424. The van der Waals surface area contributed by atoms with Gasteiger partial charge >= 0.3 is 6.09 Å². The van der Waals surface area contributed by atoms with Crippen LogP contribution in [0.2, 0.25) is 0 Å². The summed E-state index contributed by atoms with van der Waals surface area (Å²) in [6.45, 7) is 8.85. The van der Waals surface area contributed by atoms with Gasteiger partial charge in [-0.2, -0.15) is 0 Å². The molecule has 1 aliphatic heterocycles. The average molecular weight is 323 g/mol. The molecule has 1 saturated carbocycles. The van der Waals surface area contributed by atoms with Gasteiger partial charge in [-0.25, -0.2) is 4.79 Å². The largest absolute Gasteiger partial charge is 0.444 e. The molecule has 2 rings (SSSR count). The van der Waals surface area contributed by atoms with E-state index in [4.69, 9.17) is 4.74 Å². The van der Waals surface area contributed by atoms with Crippen LogP contribution in [0.1, 0.15) is 79.1 Å². The Kier molecular flexibility index (Phi) is 5.74. The molecule has 0 unspecified atom stereocenters. The standard InChI is InChI=1S/C19H33NO3/c1-15(21)14-19(16-8-6-5-7-9-16)10-12-20(13-11-19)17(22)23-18(2,3)4/h16H,5-14H2,1-4H3. The first-order valence-corrected chi connectivity index (χ1v) is 9.19. The van der Waals surface area contributed by atoms with Crippen molar-refractivity contribution < 1.29 is 14.3 Å². The fourth-order valence-electron chi connectivity index (χ4n) is 4.40. The van der Waals surface area contributed by atoms with Crippen molar-refractivity contribution in [3.63, 3.8) is 0 Å². The van der Waals surface area contributed by atoms with Crippen LogP contribution < -0.4 is 0 Å². The molecule has 1 amide bonds. The molecular formula is C19H33NO3. The van der Waals surface area contributed by atoms with Crippen molar-refractivity contribution in [2.45, 2.75) is 84.7 Å². The molecule has 1 aliphatic carbocycles. The molecule has 0 radical (unpaired) electrons. The maximum atomic E-state index is 12.3. The summed E-state index contributed by atoms with van der Waals surface area (Å²) in [7, 11) is 0. The van der Waals surface area contributed by atoms with Crippen LogP contribution in [-0.4, -0.2) is 35.5 Å². The van der Waals surface area contributed by atoms with E-state index in [2.05, 4.69) is 0 Å². The molecule has 0 aromatic heterocycles. The molecule has 1 saturated heterocycles. The van der Waals surface area contributed by atoms with Gasteiger partial charge in [0, 0.05) is 19.5 Å². The number of piperidine rings is 1. The maximum Gasteiger partial charge on any atom is 0.410 e. The number of hydrogen-bond acceptors (Lipinski definition) is 3. The minimum atomic E-state index is -0.450. The summed E-state index contributed by atoms with van der Waals surface area (Å²) >= 11 is 0. The molecule has 4 nitrogen and oxygen atoms in total. The second-order valence-electron chi connectivity index (χ2n) is 8.54. The highest BCUT2D eigenvalue weighted by Gasteiger charge is 2.43. The third kappa shape index (κ3) is 4.95. The molecule has 0 bridgehead atoms. The zero-order valence-corrected chi connectivity index (χ0v) is 15.3. The number of hydrogen-bond donors (Lipinski definition) is 0. The Morgan fingerprint density at radius 3 is 2.13 bits per heavy atom. The molecule has 1 heterocycles. The van der Waals surface area contributed by atoms with Crippen molar-refractivity contribution in [1.29, 1.82) is 0 Å². The van der Waals surface area contributed by atoms with E-state index in [1.165, 1.54) is 32.1 Å². The van der Waals surface area contributed by atoms with Crippen LogP contribution in [-0.2, 0) is 9.53 Å². The minimum absolute atomic E-state index is 0.116. The Morgan fingerprint density at radius 2 is 1.65 bits per heavy atom. The van der Waals surface area contributed by atoms with Crippen LogP contribution in [0.15, 0.2) is 0 Å². The van der Waals surface area contributed by atoms with Gasteiger partial charge in [0.05, 0.1) is 0 Å². The van der Waals surface area contributed by atoms with E-state index in [9.17, 15) is 9.59 Å². The number of ether oxygens (including phenoxy) is 1. The number of carbonyl (C=O) groups is 2. The van der Waals surface area contributed by atoms with E-state index < -0.39 is 5.60 Å². The first kappa shape index (κ1) is 18.3. The van der Waals surface area contributed by atoms with Gasteiger partial charge < -0.3 is 14.4 Å². The van der Waals surface area contributed by atoms with Gasteiger partial charge in [-0.1, -0.05) is 19.3 Å². The summed E-state index contributed by atoms with van der Waals surface area (Å²) in [6, 6.07) is 0. The third-order valence-corrected chi connectivity index (χ3v) is 5.48. The molecule has 0 N–H and O–H groups in total. The molecular weight excluding hydrogens is 290 g/mol. The molecule has 23 heavy (non-hydrogen) atoms. The summed E-state index contributed by atoms with van der Waals surface area (Å²) in [6.07, 6.45) is 8.76. The van der Waals surface area contributed by atoms with E-state index in [-0.39, 0.29) is 11.5 Å². The van der Waals surface area contributed by atoms with Crippen molar-refractivity contribution in [2.24, 2.45) is 11.3 Å². The van der Waals surface area contributed by atoms with Crippen LogP contribution in [0.5, 0.6) is 0 Å². The van der Waals surface area contributed by atoms with Crippen LogP contribution in [0.4, 0.5) is 4.79 Å². The predicted molar refractivity (Wildman–Crippen MR) is 91.3 cm³/mol. The van der Waals surface area contributed by atoms with Gasteiger partial charge in [0.2, 0.25) is 0 Å². The molecule has 0 aromatic carbocycles. The first-order chi connectivity index (χ1) is 10.7. The number of Topliss-reactive ketones (excluding diaryl/α,β-unsaturated/α-hetero) is 1. The lowest BCUT2D eigenvalue weighted by atomic mass is 9.61. The summed E-state index contributed by atoms with van der Waals surface area (Å²) < 4.78 is 5.49.